The molecule has 0 N–H and O–H groups in total. The van der Waals surface area contributed by atoms with E-state index in [0.29, 0.717) is 13.2 Å². The van der Waals surface area contributed by atoms with Gasteiger partial charge in [0.2, 0.25) is 5.91 Å². The summed E-state index contributed by atoms with van der Waals surface area (Å²) in [7, 11) is 1.84. The molecule has 0 aliphatic carbocycles. The van der Waals surface area contributed by atoms with E-state index in [2.05, 4.69) is 13.8 Å². The third-order valence-corrected chi connectivity index (χ3v) is 3.76. The summed E-state index contributed by atoms with van der Waals surface area (Å²) in [6.45, 7) is 5.15. The SMILES string of the molecule is CCC(CC)C(=O)N(C)CC1COc2ccccc2O1. The van der Waals surface area contributed by atoms with Crippen molar-refractivity contribution in [2.45, 2.75) is 32.8 Å². The van der Waals surface area contributed by atoms with Crippen molar-refractivity contribution in [3.63, 3.8) is 0 Å². The first-order valence-corrected chi connectivity index (χ1v) is 7.29. The van der Waals surface area contributed by atoms with E-state index < -0.39 is 0 Å². The Balaban J connectivity index is 1.93. The number of carbonyl (C=O) groups is 1. The summed E-state index contributed by atoms with van der Waals surface area (Å²) in [6, 6.07) is 7.63. The van der Waals surface area contributed by atoms with E-state index in [1.54, 1.807) is 4.90 Å². The standard InChI is InChI=1S/C16H23NO3/c1-4-12(5-2)16(18)17(3)10-13-11-19-14-8-6-7-9-15(14)20-13/h6-9,12-13H,4-5,10-11H2,1-3H3. The summed E-state index contributed by atoms with van der Waals surface area (Å²) in [5.41, 5.74) is 0. The Labute approximate surface area is 120 Å². The molecule has 0 bridgehead atoms. The van der Waals surface area contributed by atoms with Crippen molar-refractivity contribution in [1.29, 1.82) is 0 Å². The van der Waals surface area contributed by atoms with Crippen LogP contribution in [0.1, 0.15) is 26.7 Å². The Hall–Kier alpha value is -1.71. The summed E-state index contributed by atoms with van der Waals surface area (Å²) < 4.78 is 11.5. The van der Waals surface area contributed by atoms with Gasteiger partial charge < -0.3 is 14.4 Å². The zero-order valence-corrected chi connectivity index (χ0v) is 12.5. The van der Waals surface area contributed by atoms with Gasteiger partial charge in [-0.15, -0.1) is 0 Å². The lowest BCUT2D eigenvalue weighted by Gasteiger charge is -2.30. The second kappa shape index (κ2) is 6.64. The fraction of sp³-hybridized carbons (Fsp3) is 0.562. The van der Waals surface area contributed by atoms with E-state index in [-0.39, 0.29) is 17.9 Å². The van der Waals surface area contributed by atoms with Crippen molar-refractivity contribution < 1.29 is 14.3 Å². The molecule has 1 aromatic rings. The van der Waals surface area contributed by atoms with Crippen LogP contribution in [0.15, 0.2) is 24.3 Å². The first-order valence-electron chi connectivity index (χ1n) is 7.29. The van der Waals surface area contributed by atoms with Gasteiger partial charge in [0.05, 0.1) is 6.54 Å². The molecule has 1 amide bonds. The number of ether oxygens (including phenoxy) is 2. The maximum atomic E-state index is 12.3. The van der Waals surface area contributed by atoms with E-state index in [0.717, 1.165) is 24.3 Å². The van der Waals surface area contributed by atoms with Gasteiger partial charge in [-0.25, -0.2) is 0 Å². The second-order valence-corrected chi connectivity index (χ2v) is 5.23. The zero-order chi connectivity index (χ0) is 14.5. The Morgan fingerprint density at radius 1 is 1.30 bits per heavy atom. The summed E-state index contributed by atoms with van der Waals surface area (Å²) in [6.07, 6.45) is 1.66. The molecular weight excluding hydrogens is 254 g/mol. The summed E-state index contributed by atoms with van der Waals surface area (Å²) in [4.78, 5) is 14.0. The summed E-state index contributed by atoms with van der Waals surface area (Å²) >= 11 is 0. The average molecular weight is 277 g/mol. The van der Waals surface area contributed by atoms with E-state index in [4.69, 9.17) is 9.47 Å². The molecule has 1 aliphatic heterocycles. The molecule has 0 saturated heterocycles. The highest BCUT2D eigenvalue weighted by Crippen LogP contribution is 2.31. The van der Waals surface area contributed by atoms with Gasteiger partial charge in [-0.2, -0.15) is 0 Å². The highest BCUT2D eigenvalue weighted by molar-refractivity contribution is 5.78. The summed E-state index contributed by atoms with van der Waals surface area (Å²) in [5, 5.41) is 0. The van der Waals surface area contributed by atoms with Crippen molar-refractivity contribution in [3.8, 4) is 11.5 Å². The lowest BCUT2D eigenvalue weighted by Crippen LogP contribution is -2.43. The zero-order valence-electron chi connectivity index (χ0n) is 12.5. The van der Waals surface area contributed by atoms with Crippen LogP contribution < -0.4 is 9.47 Å². The lowest BCUT2D eigenvalue weighted by atomic mass is 10.0. The molecule has 0 fully saturated rings. The third kappa shape index (κ3) is 3.24. The van der Waals surface area contributed by atoms with Crippen LogP contribution in [-0.2, 0) is 4.79 Å². The van der Waals surface area contributed by atoms with Crippen LogP contribution in [0.4, 0.5) is 0 Å². The molecule has 0 aromatic heterocycles. The molecule has 4 heteroatoms. The maximum Gasteiger partial charge on any atom is 0.225 e. The first kappa shape index (κ1) is 14.7. The molecular formula is C16H23NO3. The van der Waals surface area contributed by atoms with Crippen molar-refractivity contribution in [2.75, 3.05) is 20.2 Å². The average Bonchev–Trinajstić information content (AvgIpc) is 2.48. The number of amides is 1. The van der Waals surface area contributed by atoms with Gasteiger partial charge in [0.1, 0.15) is 6.61 Å². The number of hydrogen-bond acceptors (Lipinski definition) is 3. The number of benzene rings is 1. The maximum absolute atomic E-state index is 12.3. The van der Waals surface area contributed by atoms with Crippen LogP contribution in [0.25, 0.3) is 0 Å². The highest BCUT2D eigenvalue weighted by Gasteiger charge is 2.25. The molecule has 1 unspecified atom stereocenters. The van der Waals surface area contributed by atoms with Crippen molar-refractivity contribution in [1.82, 2.24) is 4.90 Å². The Morgan fingerprint density at radius 2 is 1.95 bits per heavy atom. The molecule has 0 spiro atoms. The smallest absolute Gasteiger partial charge is 0.225 e. The van der Waals surface area contributed by atoms with Crippen LogP contribution in [0.5, 0.6) is 11.5 Å². The van der Waals surface area contributed by atoms with Gasteiger partial charge in [0.25, 0.3) is 0 Å². The molecule has 4 nitrogen and oxygen atoms in total. The number of fused-ring (bicyclic) bond motifs is 1. The van der Waals surface area contributed by atoms with Crippen molar-refractivity contribution >= 4 is 5.91 Å². The Kier molecular flexibility index (Phi) is 4.88. The molecule has 1 aliphatic rings. The predicted molar refractivity (Wildman–Crippen MR) is 78.1 cm³/mol. The van der Waals surface area contributed by atoms with Crippen LogP contribution >= 0.6 is 0 Å². The van der Waals surface area contributed by atoms with Gasteiger partial charge in [-0.05, 0) is 25.0 Å². The van der Waals surface area contributed by atoms with E-state index >= 15 is 0 Å². The Morgan fingerprint density at radius 3 is 2.60 bits per heavy atom. The van der Waals surface area contributed by atoms with Crippen LogP contribution in [0, 0.1) is 5.92 Å². The minimum absolute atomic E-state index is 0.104. The molecule has 2 rings (SSSR count). The topological polar surface area (TPSA) is 38.8 Å². The molecule has 1 atom stereocenters. The first-order chi connectivity index (χ1) is 9.65. The molecule has 1 aromatic carbocycles. The molecule has 1 heterocycles. The predicted octanol–water partition coefficient (Wildman–Crippen LogP) is 2.72. The van der Waals surface area contributed by atoms with Crippen LogP contribution in [0.2, 0.25) is 0 Å². The van der Waals surface area contributed by atoms with Crippen molar-refractivity contribution in [2.24, 2.45) is 5.92 Å². The quantitative estimate of drug-likeness (QED) is 0.830. The number of carbonyl (C=O) groups excluding carboxylic acids is 1. The molecule has 20 heavy (non-hydrogen) atoms. The number of hydrogen-bond donors (Lipinski definition) is 0. The lowest BCUT2D eigenvalue weighted by molar-refractivity contribution is -0.135. The fourth-order valence-electron chi connectivity index (χ4n) is 2.50. The summed E-state index contributed by atoms with van der Waals surface area (Å²) in [5.74, 6) is 1.83. The highest BCUT2D eigenvalue weighted by atomic mass is 16.6. The van der Waals surface area contributed by atoms with Gasteiger partial charge in [0.15, 0.2) is 17.6 Å². The normalized spacial score (nSPS) is 17.1. The van der Waals surface area contributed by atoms with Crippen LogP contribution in [0.3, 0.4) is 0 Å². The van der Waals surface area contributed by atoms with E-state index in [1.807, 2.05) is 31.3 Å². The van der Waals surface area contributed by atoms with Crippen molar-refractivity contribution in [3.05, 3.63) is 24.3 Å². The van der Waals surface area contributed by atoms with E-state index in [1.165, 1.54) is 0 Å². The molecule has 110 valence electrons. The second-order valence-electron chi connectivity index (χ2n) is 5.23. The van der Waals surface area contributed by atoms with Gasteiger partial charge in [-0.3, -0.25) is 4.79 Å². The van der Waals surface area contributed by atoms with Gasteiger partial charge in [-0.1, -0.05) is 26.0 Å². The minimum Gasteiger partial charge on any atom is -0.486 e. The monoisotopic (exact) mass is 277 g/mol. The number of likely N-dealkylation sites (N-methyl/N-ethyl adjacent to an activating group) is 1. The molecule has 0 saturated carbocycles. The van der Waals surface area contributed by atoms with Gasteiger partial charge in [0, 0.05) is 13.0 Å². The third-order valence-electron chi connectivity index (χ3n) is 3.76. The molecule has 0 radical (unpaired) electrons. The number of nitrogens with zero attached hydrogens (tertiary/aromatic N) is 1. The number of para-hydroxylation sites is 2. The Bertz CT molecular complexity index is 457. The minimum atomic E-state index is -0.104. The van der Waals surface area contributed by atoms with Crippen LogP contribution in [-0.4, -0.2) is 37.1 Å². The largest absolute Gasteiger partial charge is 0.486 e. The van der Waals surface area contributed by atoms with Gasteiger partial charge >= 0.3 is 0 Å². The fourth-order valence-corrected chi connectivity index (χ4v) is 2.50. The van der Waals surface area contributed by atoms with E-state index in [9.17, 15) is 4.79 Å². The number of rotatable bonds is 5.